The second-order valence-electron chi connectivity index (χ2n) is 8.24. The Kier molecular flexibility index (Phi) is 6.48. The summed E-state index contributed by atoms with van der Waals surface area (Å²) in [4.78, 5) is 15.6. The topological polar surface area (TPSA) is 35.5 Å². The predicted molar refractivity (Wildman–Crippen MR) is 128 cm³/mol. The molecule has 0 spiro atoms. The van der Waals surface area contributed by atoms with Crippen LogP contribution in [0.4, 0.5) is 5.95 Å². The van der Waals surface area contributed by atoms with Gasteiger partial charge in [-0.25, -0.2) is 14.3 Å². The summed E-state index contributed by atoms with van der Waals surface area (Å²) in [7, 11) is 0. The van der Waals surface area contributed by atoms with Crippen molar-refractivity contribution in [1.29, 1.82) is 0 Å². The van der Waals surface area contributed by atoms with Gasteiger partial charge >= 0.3 is 0 Å². The van der Waals surface area contributed by atoms with Gasteiger partial charge in [-0.05, 0) is 48.5 Å². The summed E-state index contributed by atoms with van der Waals surface area (Å²) < 4.78 is 2.50. The van der Waals surface area contributed by atoms with Crippen molar-refractivity contribution in [3.63, 3.8) is 0 Å². The van der Waals surface area contributed by atoms with Gasteiger partial charge in [0, 0.05) is 62.1 Å². The molecule has 0 radical (unpaired) electrons. The highest BCUT2D eigenvalue weighted by atomic mass is 32.2. The van der Waals surface area contributed by atoms with Crippen molar-refractivity contribution in [1.82, 2.24) is 19.2 Å². The van der Waals surface area contributed by atoms with E-state index in [1.54, 1.807) is 0 Å². The molecule has 31 heavy (non-hydrogen) atoms. The Morgan fingerprint density at radius 2 is 1.45 bits per heavy atom. The number of benzene rings is 2. The molecule has 5 nitrogen and oxygen atoms in total. The van der Waals surface area contributed by atoms with Crippen LogP contribution in [-0.2, 0) is 6.54 Å². The first-order chi connectivity index (χ1) is 15.3. The van der Waals surface area contributed by atoms with Crippen LogP contribution < -0.4 is 4.90 Å². The molecule has 2 aliphatic heterocycles. The van der Waals surface area contributed by atoms with Crippen LogP contribution in [0.3, 0.4) is 0 Å². The number of rotatable bonds is 7. The molecule has 0 amide bonds. The molecule has 0 aliphatic carbocycles. The zero-order valence-corrected chi connectivity index (χ0v) is 18.7. The first-order valence-electron chi connectivity index (χ1n) is 11.2. The summed E-state index contributed by atoms with van der Waals surface area (Å²) in [5, 5.41) is 0. The van der Waals surface area contributed by atoms with Gasteiger partial charge in [-0.15, -0.1) is 0 Å². The van der Waals surface area contributed by atoms with Gasteiger partial charge in [-0.3, -0.25) is 4.90 Å². The summed E-state index contributed by atoms with van der Waals surface area (Å²) in [5.41, 5.74) is 3.71. The molecule has 3 heterocycles. The Morgan fingerprint density at radius 3 is 2.23 bits per heavy atom. The molecule has 1 fully saturated rings. The van der Waals surface area contributed by atoms with Crippen molar-refractivity contribution >= 4 is 17.9 Å². The molecule has 2 aliphatic rings. The third-order valence-electron chi connectivity index (χ3n) is 6.08. The van der Waals surface area contributed by atoms with Crippen molar-refractivity contribution in [3.8, 4) is 11.1 Å². The predicted octanol–water partition coefficient (Wildman–Crippen LogP) is 4.57. The summed E-state index contributed by atoms with van der Waals surface area (Å²) in [6, 6.07) is 19.1. The number of nitrogens with zero attached hydrogens (tertiary/aromatic N) is 5. The molecule has 0 saturated carbocycles. The molecule has 0 N–H and O–H groups in total. The van der Waals surface area contributed by atoms with Gasteiger partial charge in [-0.1, -0.05) is 48.5 Å². The van der Waals surface area contributed by atoms with Crippen LogP contribution in [-0.4, -0.2) is 58.4 Å². The smallest absolute Gasteiger partial charge is 0.225 e. The van der Waals surface area contributed by atoms with Gasteiger partial charge in [0.1, 0.15) is 0 Å². The van der Waals surface area contributed by atoms with Crippen LogP contribution in [0, 0.1) is 0 Å². The molecule has 0 bridgehead atoms. The van der Waals surface area contributed by atoms with E-state index in [0.717, 1.165) is 49.8 Å². The third kappa shape index (κ3) is 5.09. The van der Waals surface area contributed by atoms with Crippen molar-refractivity contribution in [2.45, 2.75) is 24.3 Å². The van der Waals surface area contributed by atoms with Crippen molar-refractivity contribution in [3.05, 3.63) is 72.6 Å². The van der Waals surface area contributed by atoms with E-state index in [4.69, 9.17) is 0 Å². The molecule has 160 valence electrons. The monoisotopic (exact) mass is 431 g/mol. The number of hydrogen-bond donors (Lipinski definition) is 0. The highest BCUT2D eigenvalue weighted by Gasteiger charge is 2.20. The molecular weight excluding hydrogens is 402 g/mol. The number of unbranched alkanes of at least 4 members (excludes halogenated alkanes) is 1. The molecule has 3 aromatic rings. The first-order valence-corrected chi connectivity index (χ1v) is 12.0. The molecule has 1 saturated heterocycles. The normalized spacial score (nSPS) is 17.1. The molecular formula is C25H29N5S. The fraction of sp³-hybridized carbons (Fsp3) is 0.360. The average molecular weight is 432 g/mol. The van der Waals surface area contributed by atoms with Gasteiger partial charge in [0.15, 0.2) is 0 Å². The highest BCUT2D eigenvalue weighted by Crippen LogP contribution is 2.35. The van der Waals surface area contributed by atoms with E-state index < -0.39 is 0 Å². The van der Waals surface area contributed by atoms with Gasteiger partial charge < -0.3 is 4.90 Å². The lowest BCUT2D eigenvalue weighted by Crippen LogP contribution is -2.47. The Hall–Kier alpha value is -2.41. The quantitative estimate of drug-likeness (QED) is 0.403. The van der Waals surface area contributed by atoms with Crippen LogP contribution >= 0.6 is 11.9 Å². The third-order valence-corrected chi connectivity index (χ3v) is 7.24. The van der Waals surface area contributed by atoms with E-state index in [1.807, 2.05) is 42.5 Å². The van der Waals surface area contributed by atoms with Crippen molar-refractivity contribution in [2.75, 3.05) is 44.2 Å². The van der Waals surface area contributed by atoms with Crippen LogP contribution in [0.2, 0.25) is 0 Å². The summed E-state index contributed by atoms with van der Waals surface area (Å²) in [5.74, 6) is 0.852. The minimum Gasteiger partial charge on any atom is -0.338 e. The Bertz CT molecular complexity index is 946. The molecule has 5 rings (SSSR count). The van der Waals surface area contributed by atoms with E-state index in [0.29, 0.717) is 0 Å². The lowest BCUT2D eigenvalue weighted by molar-refractivity contribution is 0.249. The summed E-state index contributed by atoms with van der Waals surface area (Å²) >= 11 is 1.92. The second-order valence-corrected chi connectivity index (χ2v) is 9.37. The van der Waals surface area contributed by atoms with E-state index in [9.17, 15) is 0 Å². The first kappa shape index (κ1) is 20.5. The molecule has 0 atom stereocenters. The fourth-order valence-corrected chi connectivity index (χ4v) is 5.36. The molecule has 1 aromatic heterocycles. The van der Waals surface area contributed by atoms with Crippen LogP contribution in [0.25, 0.3) is 11.1 Å². The Labute approximate surface area is 189 Å². The van der Waals surface area contributed by atoms with E-state index >= 15 is 0 Å². The second kappa shape index (κ2) is 9.81. The highest BCUT2D eigenvalue weighted by molar-refractivity contribution is 7.97. The van der Waals surface area contributed by atoms with Gasteiger partial charge in [0.05, 0.1) is 0 Å². The number of anilines is 1. The fourth-order valence-electron chi connectivity index (χ4n) is 4.27. The van der Waals surface area contributed by atoms with Gasteiger partial charge in [0.25, 0.3) is 0 Å². The minimum absolute atomic E-state index is 0.852. The molecule has 6 heteroatoms. The number of hydrogen-bond acceptors (Lipinski definition) is 6. The minimum atomic E-state index is 0.852. The zero-order valence-electron chi connectivity index (χ0n) is 17.9. The zero-order chi connectivity index (χ0) is 20.9. The van der Waals surface area contributed by atoms with Gasteiger partial charge in [-0.2, -0.15) is 0 Å². The standard InChI is InChI=1S/C25H29N5S/c1-2-8-21(9-3-1)23-18-26-25(27-19-23)29-16-14-28(15-17-29)12-6-7-13-30-20-22-10-4-5-11-24(22)31-30/h1-5,8-11,18-19H,6-7,12-17,20H2. The Balaban J connectivity index is 1.02. The molecule has 0 unspecified atom stereocenters. The SMILES string of the molecule is c1ccc(-c2cnc(N3CCN(CCCCN4Cc5ccccc5S4)CC3)nc2)cc1. The van der Waals surface area contributed by atoms with Crippen molar-refractivity contribution in [2.24, 2.45) is 0 Å². The lowest BCUT2D eigenvalue weighted by atomic mass is 10.1. The van der Waals surface area contributed by atoms with Crippen molar-refractivity contribution < 1.29 is 0 Å². The van der Waals surface area contributed by atoms with Gasteiger partial charge in [0.2, 0.25) is 5.95 Å². The summed E-state index contributed by atoms with van der Waals surface area (Å²) in [6.07, 6.45) is 6.40. The largest absolute Gasteiger partial charge is 0.338 e. The number of piperazine rings is 1. The number of aromatic nitrogens is 2. The Morgan fingerprint density at radius 1 is 0.742 bits per heavy atom. The van der Waals surface area contributed by atoms with E-state index in [1.165, 1.54) is 36.4 Å². The lowest BCUT2D eigenvalue weighted by Gasteiger charge is -2.34. The summed E-state index contributed by atoms with van der Waals surface area (Å²) in [6.45, 7) is 7.63. The van der Waals surface area contributed by atoms with Crippen LogP contribution in [0.5, 0.6) is 0 Å². The van der Waals surface area contributed by atoms with Crippen LogP contribution in [0.15, 0.2) is 71.9 Å². The maximum absolute atomic E-state index is 4.63. The average Bonchev–Trinajstić information content (AvgIpc) is 3.26. The van der Waals surface area contributed by atoms with Crippen LogP contribution in [0.1, 0.15) is 18.4 Å². The van der Waals surface area contributed by atoms with E-state index in [2.05, 4.69) is 60.5 Å². The maximum Gasteiger partial charge on any atom is 0.225 e. The van der Waals surface area contributed by atoms with E-state index in [-0.39, 0.29) is 0 Å². The number of fused-ring (bicyclic) bond motifs is 1. The maximum atomic E-state index is 4.63. The molecule has 2 aromatic carbocycles.